The fourth-order valence-electron chi connectivity index (χ4n) is 5.69. The number of rotatable bonds is 9. The molecule has 3 aromatic rings. The van der Waals surface area contributed by atoms with Crippen LogP contribution in [0.5, 0.6) is 11.6 Å². The van der Waals surface area contributed by atoms with Crippen LogP contribution < -0.4 is 9.47 Å². The van der Waals surface area contributed by atoms with E-state index in [0.717, 1.165) is 47.0 Å². The minimum atomic E-state index is -3.15. The molecule has 2 aromatic carbocycles. The minimum absolute atomic E-state index is 0.235. The zero-order valence-corrected chi connectivity index (χ0v) is 24.3. The van der Waals surface area contributed by atoms with Gasteiger partial charge in [0.25, 0.3) is 0 Å². The highest BCUT2D eigenvalue weighted by molar-refractivity contribution is 7.91. The van der Waals surface area contributed by atoms with Crippen molar-refractivity contribution in [2.45, 2.75) is 50.5 Å². The van der Waals surface area contributed by atoms with Gasteiger partial charge in [-0.15, -0.1) is 0 Å². The Morgan fingerprint density at radius 3 is 2.71 bits per heavy atom. The van der Waals surface area contributed by atoms with Gasteiger partial charge >= 0.3 is 5.97 Å². The average molecular weight is 583 g/mol. The van der Waals surface area contributed by atoms with Gasteiger partial charge in [0.2, 0.25) is 5.88 Å². The number of hydrogen-bond donors (Lipinski definition) is 1. The van der Waals surface area contributed by atoms with Gasteiger partial charge in [0.1, 0.15) is 17.7 Å². The number of halogens is 1. The maximum atomic E-state index is 15.0. The van der Waals surface area contributed by atoms with Crippen molar-refractivity contribution in [3.63, 3.8) is 0 Å². The summed E-state index contributed by atoms with van der Waals surface area (Å²) in [5.74, 6) is -0.750. The molecule has 1 N–H and O–H groups in total. The van der Waals surface area contributed by atoms with Gasteiger partial charge < -0.3 is 14.6 Å². The van der Waals surface area contributed by atoms with Gasteiger partial charge in [-0.1, -0.05) is 37.3 Å². The first kappa shape index (κ1) is 29.0. The smallest absolute Gasteiger partial charge is 0.306 e. The molecule has 3 atom stereocenters. The van der Waals surface area contributed by atoms with Crippen LogP contribution in [0.1, 0.15) is 48.1 Å². The van der Waals surface area contributed by atoms with E-state index >= 15 is 4.39 Å². The molecule has 0 spiro atoms. The quantitative estimate of drug-likeness (QED) is 0.382. The fraction of sp³-hybridized carbons (Fsp3) is 0.419. The Hall–Kier alpha value is -3.50. The largest absolute Gasteiger partial charge is 0.485 e. The molecule has 2 aliphatic heterocycles. The van der Waals surface area contributed by atoms with Crippen LogP contribution in [-0.4, -0.2) is 61.1 Å². The topological polar surface area (TPSA) is 106 Å². The van der Waals surface area contributed by atoms with Crippen molar-refractivity contribution in [3.05, 3.63) is 76.7 Å². The molecule has 1 aromatic heterocycles. The number of aliphatic carboxylic acids is 1. The van der Waals surface area contributed by atoms with E-state index in [-0.39, 0.29) is 6.10 Å². The second-order valence-electron chi connectivity index (χ2n) is 11.1. The third-order valence-corrected chi connectivity index (χ3v) is 9.70. The van der Waals surface area contributed by atoms with E-state index in [4.69, 9.17) is 9.47 Å². The standard InChI is InChI=1S/C31H35FN2O6S/c1-19(31(35)36)12-20-4-5-21-7-9-28(40-29(21)13-20)22-6-8-25(26-15-30(39-2)33-16-27(26)32)23(14-22)17-34-11-10-24(18-34)41(3,37)38/h4-6,8,13-16,19,24,28H,7,9-12,17-18H2,1-3H3,(H,35,36). The first-order chi connectivity index (χ1) is 19.5. The third-order valence-electron chi connectivity index (χ3n) is 8.10. The summed E-state index contributed by atoms with van der Waals surface area (Å²) in [4.78, 5) is 17.4. The van der Waals surface area contributed by atoms with Crippen molar-refractivity contribution in [2.24, 2.45) is 5.92 Å². The van der Waals surface area contributed by atoms with E-state index in [9.17, 15) is 18.3 Å². The Balaban J connectivity index is 1.46. The van der Waals surface area contributed by atoms with Gasteiger partial charge in [0.15, 0.2) is 9.84 Å². The Labute approximate surface area is 240 Å². The number of methoxy groups -OCH3 is 1. The summed E-state index contributed by atoms with van der Waals surface area (Å²) in [5.41, 5.74) is 4.85. The number of aromatic nitrogens is 1. The van der Waals surface area contributed by atoms with Gasteiger partial charge in [0.05, 0.1) is 24.5 Å². The molecule has 0 bridgehead atoms. The predicted octanol–water partition coefficient (Wildman–Crippen LogP) is 4.84. The van der Waals surface area contributed by atoms with Crippen LogP contribution in [0.3, 0.4) is 0 Å². The van der Waals surface area contributed by atoms with E-state index in [1.807, 2.05) is 36.4 Å². The molecule has 10 heteroatoms. The number of carboxylic acids is 1. The molecule has 1 saturated heterocycles. The SMILES string of the molecule is COc1cc(-c2ccc(C3CCc4ccc(CC(C)C(=O)O)cc4O3)cc2CN2CCC(S(C)(=O)=O)C2)c(F)cn1. The number of pyridine rings is 1. The summed E-state index contributed by atoms with van der Waals surface area (Å²) in [6.45, 7) is 3.21. The predicted molar refractivity (Wildman–Crippen MR) is 153 cm³/mol. The molecular weight excluding hydrogens is 547 g/mol. The number of fused-ring (bicyclic) bond motifs is 1. The summed E-state index contributed by atoms with van der Waals surface area (Å²) in [7, 11) is -1.67. The van der Waals surface area contributed by atoms with Crippen molar-refractivity contribution in [1.29, 1.82) is 0 Å². The summed E-state index contributed by atoms with van der Waals surface area (Å²) >= 11 is 0. The Kier molecular flexibility index (Phi) is 8.33. The first-order valence-electron chi connectivity index (χ1n) is 13.8. The lowest BCUT2D eigenvalue weighted by Crippen LogP contribution is -2.26. The van der Waals surface area contributed by atoms with Crippen LogP contribution in [0.15, 0.2) is 48.7 Å². The maximum Gasteiger partial charge on any atom is 0.306 e. The molecular formula is C31H35FN2O6S. The Morgan fingerprint density at radius 2 is 2.00 bits per heavy atom. The highest BCUT2D eigenvalue weighted by Crippen LogP contribution is 2.38. The third kappa shape index (κ3) is 6.54. The zero-order chi connectivity index (χ0) is 29.3. The molecule has 0 saturated carbocycles. The summed E-state index contributed by atoms with van der Waals surface area (Å²) in [5, 5.41) is 8.89. The number of ether oxygens (including phenoxy) is 2. The molecule has 0 aliphatic carbocycles. The van der Waals surface area contributed by atoms with E-state index < -0.39 is 32.8 Å². The van der Waals surface area contributed by atoms with Gasteiger partial charge in [-0.3, -0.25) is 9.69 Å². The van der Waals surface area contributed by atoms with E-state index in [2.05, 4.69) is 9.88 Å². The van der Waals surface area contributed by atoms with Gasteiger partial charge in [0, 0.05) is 31.0 Å². The maximum absolute atomic E-state index is 15.0. The van der Waals surface area contributed by atoms with Gasteiger partial charge in [-0.25, -0.2) is 17.8 Å². The lowest BCUT2D eigenvalue weighted by molar-refractivity contribution is -0.141. The first-order valence-corrected chi connectivity index (χ1v) is 15.7. The number of nitrogens with zero attached hydrogens (tertiary/aromatic N) is 2. The Bertz CT molecular complexity index is 1560. The molecule has 5 rings (SSSR count). The number of benzene rings is 2. The zero-order valence-electron chi connectivity index (χ0n) is 23.5. The van der Waals surface area contributed by atoms with Crippen molar-refractivity contribution in [2.75, 3.05) is 26.5 Å². The second kappa shape index (κ2) is 11.8. The molecule has 3 heterocycles. The van der Waals surface area contributed by atoms with Crippen molar-refractivity contribution in [1.82, 2.24) is 9.88 Å². The van der Waals surface area contributed by atoms with Crippen LogP contribution in [0.2, 0.25) is 0 Å². The molecule has 2 aliphatic rings. The highest BCUT2D eigenvalue weighted by Gasteiger charge is 2.31. The number of carbonyl (C=O) groups is 1. The van der Waals surface area contributed by atoms with Crippen LogP contribution >= 0.6 is 0 Å². The van der Waals surface area contributed by atoms with Crippen LogP contribution in [-0.2, 0) is 34.0 Å². The minimum Gasteiger partial charge on any atom is -0.485 e. The molecule has 0 radical (unpaired) electrons. The lowest BCUT2D eigenvalue weighted by Gasteiger charge is -2.28. The second-order valence-corrected chi connectivity index (χ2v) is 13.5. The van der Waals surface area contributed by atoms with Crippen molar-refractivity contribution < 1.29 is 32.2 Å². The molecule has 3 unspecified atom stereocenters. The average Bonchev–Trinajstić information content (AvgIpc) is 3.42. The molecule has 8 nitrogen and oxygen atoms in total. The Morgan fingerprint density at radius 1 is 1.20 bits per heavy atom. The van der Waals surface area contributed by atoms with Crippen LogP contribution in [0.25, 0.3) is 11.1 Å². The van der Waals surface area contributed by atoms with E-state index in [0.29, 0.717) is 49.5 Å². The molecule has 218 valence electrons. The van der Waals surface area contributed by atoms with Crippen LogP contribution in [0.4, 0.5) is 4.39 Å². The molecule has 1 fully saturated rings. The highest BCUT2D eigenvalue weighted by atomic mass is 32.2. The number of likely N-dealkylation sites (tertiary alicyclic amines) is 1. The normalized spacial score (nSPS) is 19.8. The number of hydrogen-bond acceptors (Lipinski definition) is 7. The summed E-state index contributed by atoms with van der Waals surface area (Å²) in [6, 6.07) is 13.3. The van der Waals surface area contributed by atoms with E-state index in [1.54, 1.807) is 13.0 Å². The summed E-state index contributed by atoms with van der Waals surface area (Å²) in [6.07, 6.45) is 4.74. The molecule has 41 heavy (non-hydrogen) atoms. The monoisotopic (exact) mass is 582 g/mol. The van der Waals surface area contributed by atoms with Crippen molar-refractivity contribution in [3.8, 4) is 22.8 Å². The number of carboxylic acid groups (broad SMARTS) is 1. The van der Waals surface area contributed by atoms with Gasteiger partial charge in [-0.2, -0.15) is 0 Å². The lowest BCUT2D eigenvalue weighted by atomic mass is 9.91. The van der Waals surface area contributed by atoms with E-state index in [1.165, 1.54) is 13.4 Å². The van der Waals surface area contributed by atoms with Gasteiger partial charge in [-0.05, 0) is 66.1 Å². The number of aryl methyl sites for hydroxylation is 1. The summed E-state index contributed by atoms with van der Waals surface area (Å²) < 4.78 is 51.1. The fourth-order valence-corrected chi connectivity index (χ4v) is 6.71. The van der Waals surface area contributed by atoms with Crippen molar-refractivity contribution >= 4 is 15.8 Å². The van der Waals surface area contributed by atoms with Crippen LogP contribution in [0, 0.1) is 11.7 Å². The molecule has 0 amide bonds. The number of sulfone groups is 1.